The van der Waals surface area contributed by atoms with Crippen molar-refractivity contribution < 1.29 is 4.79 Å². The van der Waals surface area contributed by atoms with E-state index in [-0.39, 0.29) is 5.92 Å². The van der Waals surface area contributed by atoms with E-state index in [2.05, 4.69) is 31.7 Å². The monoisotopic (exact) mass is 193 g/mol. The van der Waals surface area contributed by atoms with E-state index in [9.17, 15) is 4.79 Å². The predicted octanol–water partition coefficient (Wildman–Crippen LogP) is 2.21. The number of hydrogen-bond donors (Lipinski definition) is 0. The summed E-state index contributed by atoms with van der Waals surface area (Å²) in [4.78, 5) is 14.0. The number of fused-ring (bicyclic) bond motifs is 1. The summed E-state index contributed by atoms with van der Waals surface area (Å²) in [5, 5.41) is 0. The molecule has 2 heteroatoms. The van der Waals surface area contributed by atoms with Crippen LogP contribution in [0, 0.1) is 11.8 Å². The molecule has 2 nitrogen and oxygen atoms in total. The van der Waals surface area contributed by atoms with Crippen LogP contribution in [0.15, 0.2) is 11.6 Å². The number of carbonyl (C=O) groups excluding carboxylic acids is 1. The van der Waals surface area contributed by atoms with E-state index in [0.717, 1.165) is 19.4 Å². The molecule has 0 aromatic carbocycles. The van der Waals surface area contributed by atoms with E-state index in [1.165, 1.54) is 5.57 Å². The zero-order chi connectivity index (χ0) is 10.3. The molecule has 2 aliphatic rings. The predicted molar refractivity (Wildman–Crippen MR) is 56.8 cm³/mol. The van der Waals surface area contributed by atoms with Crippen molar-refractivity contribution in [3.05, 3.63) is 11.6 Å². The second kappa shape index (κ2) is 3.41. The highest BCUT2D eigenvalue weighted by Gasteiger charge is 2.41. The van der Waals surface area contributed by atoms with Crippen LogP contribution in [-0.4, -0.2) is 23.4 Å². The van der Waals surface area contributed by atoms with Gasteiger partial charge < -0.3 is 4.90 Å². The normalized spacial score (nSPS) is 40.5. The smallest absolute Gasteiger partial charge is 0.225 e. The van der Waals surface area contributed by atoms with Gasteiger partial charge in [-0.3, -0.25) is 4.79 Å². The van der Waals surface area contributed by atoms with Crippen molar-refractivity contribution in [2.24, 2.45) is 11.8 Å². The summed E-state index contributed by atoms with van der Waals surface area (Å²) in [6, 6.07) is 0.491. The van der Waals surface area contributed by atoms with Crippen LogP contribution in [0.3, 0.4) is 0 Å². The average molecular weight is 193 g/mol. The summed E-state index contributed by atoms with van der Waals surface area (Å²) in [7, 11) is 0. The van der Waals surface area contributed by atoms with Gasteiger partial charge in [0.15, 0.2) is 0 Å². The highest BCUT2D eigenvalue weighted by molar-refractivity contribution is 5.80. The molecule has 0 saturated carbocycles. The zero-order valence-electron chi connectivity index (χ0n) is 9.29. The number of nitrogens with zero attached hydrogens (tertiary/aromatic N) is 1. The molecular formula is C12H19NO. The summed E-state index contributed by atoms with van der Waals surface area (Å²) < 4.78 is 0. The van der Waals surface area contributed by atoms with Crippen LogP contribution in [0.1, 0.15) is 33.6 Å². The molecule has 0 spiro atoms. The van der Waals surface area contributed by atoms with Crippen LogP contribution in [0.25, 0.3) is 0 Å². The molecule has 2 unspecified atom stereocenters. The number of rotatable bonds is 0. The lowest BCUT2D eigenvalue weighted by atomic mass is 9.85. The molecule has 0 radical (unpaired) electrons. The van der Waals surface area contributed by atoms with Gasteiger partial charge >= 0.3 is 0 Å². The number of hydrogen-bond acceptors (Lipinski definition) is 1. The Morgan fingerprint density at radius 3 is 2.79 bits per heavy atom. The van der Waals surface area contributed by atoms with Gasteiger partial charge in [-0.1, -0.05) is 25.5 Å². The molecule has 1 amide bonds. The molecule has 2 rings (SSSR count). The average Bonchev–Trinajstić information content (AvgIpc) is 2.58. The molecule has 14 heavy (non-hydrogen) atoms. The second-order valence-electron chi connectivity index (χ2n) is 4.80. The molecule has 2 aliphatic heterocycles. The van der Waals surface area contributed by atoms with Crippen LogP contribution in [0.2, 0.25) is 0 Å². The van der Waals surface area contributed by atoms with Crippen molar-refractivity contribution in [2.45, 2.75) is 39.7 Å². The molecule has 0 aromatic rings. The second-order valence-corrected chi connectivity index (χ2v) is 4.80. The van der Waals surface area contributed by atoms with Crippen molar-refractivity contribution in [3.63, 3.8) is 0 Å². The molecule has 0 N–H and O–H groups in total. The number of piperidine rings is 1. The lowest BCUT2D eigenvalue weighted by Gasteiger charge is -2.37. The minimum atomic E-state index is 0.234. The lowest BCUT2D eigenvalue weighted by Crippen LogP contribution is -2.47. The molecule has 78 valence electrons. The fourth-order valence-corrected chi connectivity index (χ4v) is 2.84. The SMILES string of the molecule is C/C=C1\C[C@H]2C(C)CC(C)C(=O)N2C1. The van der Waals surface area contributed by atoms with Crippen LogP contribution in [-0.2, 0) is 4.79 Å². The fourth-order valence-electron chi connectivity index (χ4n) is 2.84. The Balaban J connectivity index is 2.22. The van der Waals surface area contributed by atoms with Crippen LogP contribution in [0.5, 0.6) is 0 Å². The molecule has 2 saturated heterocycles. The van der Waals surface area contributed by atoms with Gasteiger partial charge in [0.05, 0.1) is 0 Å². The topological polar surface area (TPSA) is 20.3 Å². The Hall–Kier alpha value is -0.790. The van der Waals surface area contributed by atoms with Gasteiger partial charge in [0, 0.05) is 18.5 Å². The van der Waals surface area contributed by atoms with Crippen molar-refractivity contribution >= 4 is 5.91 Å². The van der Waals surface area contributed by atoms with Crippen LogP contribution in [0.4, 0.5) is 0 Å². The van der Waals surface area contributed by atoms with Crippen LogP contribution >= 0.6 is 0 Å². The van der Waals surface area contributed by atoms with Crippen molar-refractivity contribution in [1.29, 1.82) is 0 Å². The van der Waals surface area contributed by atoms with Gasteiger partial charge in [-0.2, -0.15) is 0 Å². The van der Waals surface area contributed by atoms with E-state index in [0.29, 0.717) is 17.9 Å². The van der Waals surface area contributed by atoms with Gasteiger partial charge in [0.25, 0.3) is 0 Å². The highest BCUT2D eigenvalue weighted by atomic mass is 16.2. The maximum atomic E-state index is 11.9. The molecule has 3 atom stereocenters. The molecule has 2 fully saturated rings. The Morgan fingerprint density at radius 2 is 2.14 bits per heavy atom. The minimum Gasteiger partial charge on any atom is -0.335 e. The van der Waals surface area contributed by atoms with Gasteiger partial charge in [0.1, 0.15) is 0 Å². The summed E-state index contributed by atoms with van der Waals surface area (Å²) in [5.74, 6) is 1.27. The Kier molecular flexibility index (Phi) is 2.38. The molecule has 0 aromatic heterocycles. The quantitative estimate of drug-likeness (QED) is 0.540. The number of amides is 1. The molecule has 0 bridgehead atoms. The molecule has 2 heterocycles. The maximum absolute atomic E-state index is 11.9. The van der Waals surface area contributed by atoms with Crippen molar-refractivity contribution in [2.75, 3.05) is 6.54 Å². The van der Waals surface area contributed by atoms with Crippen molar-refractivity contribution in [1.82, 2.24) is 4.90 Å². The summed E-state index contributed by atoms with van der Waals surface area (Å²) in [5.41, 5.74) is 1.43. The number of carbonyl (C=O) groups is 1. The summed E-state index contributed by atoms with van der Waals surface area (Å²) >= 11 is 0. The first-order valence-corrected chi connectivity index (χ1v) is 5.58. The zero-order valence-corrected chi connectivity index (χ0v) is 9.29. The van der Waals surface area contributed by atoms with Gasteiger partial charge in [0.2, 0.25) is 5.91 Å². The third kappa shape index (κ3) is 1.37. The van der Waals surface area contributed by atoms with Crippen molar-refractivity contribution in [3.8, 4) is 0 Å². The third-order valence-corrected chi connectivity index (χ3v) is 3.74. The maximum Gasteiger partial charge on any atom is 0.225 e. The number of allylic oxidation sites excluding steroid dienone is 1. The first kappa shape index (κ1) is 9.75. The van der Waals surface area contributed by atoms with Crippen LogP contribution < -0.4 is 0 Å². The van der Waals surface area contributed by atoms with E-state index < -0.39 is 0 Å². The molecular weight excluding hydrogens is 174 g/mol. The third-order valence-electron chi connectivity index (χ3n) is 3.74. The molecule has 0 aliphatic carbocycles. The van der Waals surface area contributed by atoms with E-state index in [4.69, 9.17) is 0 Å². The van der Waals surface area contributed by atoms with E-state index in [1.807, 2.05) is 0 Å². The first-order valence-electron chi connectivity index (χ1n) is 5.58. The summed E-state index contributed by atoms with van der Waals surface area (Å²) in [6.45, 7) is 7.29. The minimum absolute atomic E-state index is 0.234. The van der Waals surface area contributed by atoms with E-state index in [1.54, 1.807) is 0 Å². The Bertz CT molecular complexity index is 282. The standard InChI is InChI=1S/C12H19NO/c1-4-10-6-11-8(2)5-9(3)12(14)13(11)7-10/h4,8-9,11H,5-7H2,1-3H3/b10-4+/t8?,9?,11-/m0/s1. The highest BCUT2D eigenvalue weighted by Crippen LogP contribution is 2.36. The Labute approximate surface area is 86.0 Å². The summed E-state index contributed by atoms with van der Waals surface area (Å²) in [6.07, 6.45) is 4.34. The fraction of sp³-hybridized carbons (Fsp3) is 0.750. The van der Waals surface area contributed by atoms with Gasteiger partial charge in [-0.05, 0) is 25.7 Å². The lowest BCUT2D eigenvalue weighted by molar-refractivity contribution is -0.141. The first-order chi connectivity index (χ1) is 6.63. The Morgan fingerprint density at radius 1 is 1.43 bits per heavy atom. The van der Waals surface area contributed by atoms with Gasteiger partial charge in [-0.15, -0.1) is 0 Å². The van der Waals surface area contributed by atoms with E-state index >= 15 is 0 Å². The van der Waals surface area contributed by atoms with Gasteiger partial charge in [-0.25, -0.2) is 0 Å². The largest absolute Gasteiger partial charge is 0.335 e.